The van der Waals surface area contributed by atoms with Crippen LogP contribution in [0.5, 0.6) is 0 Å². The van der Waals surface area contributed by atoms with Gasteiger partial charge in [-0.15, -0.1) is 0 Å². The molecule has 2 rings (SSSR count). The topological polar surface area (TPSA) is 56.2 Å². The van der Waals surface area contributed by atoms with Crippen LogP contribution in [0, 0.1) is 0 Å². The molecule has 0 unspecified atom stereocenters. The van der Waals surface area contributed by atoms with Gasteiger partial charge in [-0.25, -0.2) is 9.78 Å². The van der Waals surface area contributed by atoms with Crippen LogP contribution in [0.3, 0.4) is 0 Å². The summed E-state index contributed by atoms with van der Waals surface area (Å²) in [6, 6.07) is 0. The molecular weight excluding hydrogens is 206 g/mol. The average molecular weight is 223 g/mol. The molecule has 0 bridgehead atoms. The molecule has 0 aromatic carbocycles. The second-order valence-corrected chi connectivity index (χ2v) is 4.91. The minimum atomic E-state index is -0.473. The first-order valence-corrected chi connectivity index (χ1v) is 5.46. The fraction of sp³-hybridized carbons (Fsp3) is 0.636. The van der Waals surface area contributed by atoms with Gasteiger partial charge in [-0.05, 0) is 20.8 Å². The van der Waals surface area contributed by atoms with E-state index in [0.29, 0.717) is 12.2 Å². The fourth-order valence-corrected chi connectivity index (χ4v) is 1.62. The third-order valence-electron chi connectivity index (χ3n) is 2.28. The van der Waals surface area contributed by atoms with Gasteiger partial charge in [0.1, 0.15) is 11.4 Å². The third kappa shape index (κ3) is 2.41. The van der Waals surface area contributed by atoms with E-state index in [-0.39, 0.29) is 5.97 Å². The van der Waals surface area contributed by atoms with Crippen molar-refractivity contribution in [3.8, 4) is 0 Å². The monoisotopic (exact) mass is 223 g/mol. The maximum absolute atomic E-state index is 11.8. The zero-order valence-electron chi connectivity index (χ0n) is 9.91. The van der Waals surface area contributed by atoms with Crippen molar-refractivity contribution in [1.29, 1.82) is 0 Å². The van der Waals surface area contributed by atoms with Gasteiger partial charge in [-0.2, -0.15) is 0 Å². The van der Waals surface area contributed by atoms with Crippen molar-refractivity contribution < 1.29 is 9.53 Å². The van der Waals surface area contributed by atoms with Crippen molar-refractivity contribution in [3.05, 3.63) is 17.7 Å². The summed E-state index contributed by atoms with van der Waals surface area (Å²) in [7, 11) is 0. The van der Waals surface area contributed by atoms with Gasteiger partial charge in [0.15, 0.2) is 5.69 Å². The van der Waals surface area contributed by atoms with Crippen molar-refractivity contribution in [2.24, 2.45) is 0 Å². The van der Waals surface area contributed by atoms with E-state index in [9.17, 15) is 4.79 Å². The van der Waals surface area contributed by atoms with Crippen molar-refractivity contribution >= 4 is 5.97 Å². The molecule has 0 atom stereocenters. The van der Waals surface area contributed by atoms with Gasteiger partial charge in [0.2, 0.25) is 0 Å². The highest BCUT2D eigenvalue weighted by Crippen LogP contribution is 2.13. The summed E-state index contributed by atoms with van der Waals surface area (Å²) in [6.45, 7) is 8.03. The molecule has 5 heteroatoms. The van der Waals surface area contributed by atoms with Crippen LogP contribution in [0.15, 0.2) is 6.20 Å². The zero-order chi connectivity index (χ0) is 11.8. The van der Waals surface area contributed by atoms with E-state index in [1.54, 1.807) is 6.20 Å². The molecule has 0 aliphatic carbocycles. The van der Waals surface area contributed by atoms with Crippen LogP contribution in [-0.4, -0.2) is 27.7 Å². The van der Waals surface area contributed by atoms with Crippen molar-refractivity contribution in [2.75, 3.05) is 6.54 Å². The quantitative estimate of drug-likeness (QED) is 0.720. The van der Waals surface area contributed by atoms with E-state index >= 15 is 0 Å². The lowest BCUT2D eigenvalue weighted by Gasteiger charge is -2.18. The van der Waals surface area contributed by atoms with Gasteiger partial charge in [0, 0.05) is 19.3 Å². The second-order valence-electron chi connectivity index (χ2n) is 4.91. The molecule has 1 aromatic rings. The van der Waals surface area contributed by atoms with Gasteiger partial charge in [0.05, 0.1) is 6.54 Å². The summed E-state index contributed by atoms with van der Waals surface area (Å²) >= 11 is 0. The number of hydrogen-bond acceptors (Lipinski definition) is 4. The number of fused-ring (bicyclic) bond motifs is 1. The number of ether oxygens (including phenoxy) is 1. The molecule has 0 saturated carbocycles. The average Bonchev–Trinajstić information content (AvgIpc) is 2.58. The lowest BCUT2D eigenvalue weighted by Crippen LogP contribution is -2.27. The molecule has 0 amide bonds. The second kappa shape index (κ2) is 3.90. The normalized spacial score (nSPS) is 15.7. The molecule has 1 aliphatic heterocycles. The van der Waals surface area contributed by atoms with E-state index < -0.39 is 5.60 Å². The number of nitrogens with one attached hydrogen (secondary N) is 1. The predicted molar refractivity (Wildman–Crippen MR) is 59.1 cm³/mol. The Kier molecular flexibility index (Phi) is 2.71. The van der Waals surface area contributed by atoms with E-state index in [1.165, 1.54) is 0 Å². The molecule has 88 valence electrons. The van der Waals surface area contributed by atoms with E-state index in [2.05, 4.69) is 10.3 Å². The Morgan fingerprint density at radius 2 is 2.31 bits per heavy atom. The van der Waals surface area contributed by atoms with Gasteiger partial charge >= 0.3 is 5.97 Å². The van der Waals surface area contributed by atoms with Crippen LogP contribution >= 0.6 is 0 Å². The molecule has 0 fully saturated rings. The highest BCUT2D eigenvalue weighted by atomic mass is 16.6. The summed E-state index contributed by atoms with van der Waals surface area (Å²) < 4.78 is 7.26. The fourth-order valence-electron chi connectivity index (χ4n) is 1.62. The standard InChI is InChI=1S/C11H17N3O2/c1-11(2,3)16-10(15)8-7-14-5-4-12-6-9(14)13-8/h7,12H,4-6H2,1-3H3. The zero-order valence-corrected chi connectivity index (χ0v) is 9.91. The lowest BCUT2D eigenvalue weighted by atomic mass is 10.2. The van der Waals surface area contributed by atoms with Crippen LogP contribution in [0.1, 0.15) is 37.1 Å². The number of nitrogens with zero attached hydrogens (tertiary/aromatic N) is 2. The van der Waals surface area contributed by atoms with Gasteiger partial charge < -0.3 is 14.6 Å². The van der Waals surface area contributed by atoms with E-state index in [1.807, 2.05) is 25.3 Å². The first kappa shape index (κ1) is 11.1. The number of hydrogen-bond donors (Lipinski definition) is 1. The molecule has 1 aromatic heterocycles. The lowest BCUT2D eigenvalue weighted by molar-refractivity contribution is 0.00632. The van der Waals surface area contributed by atoms with Crippen molar-refractivity contribution in [2.45, 2.75) is 39.5 Å². The third-order valence-corrected chi connectivity index (χ3v) is 2.28. The molecule has 2 heterocycles. The Hall–Kier alpha value is -1.36. The summed E-state index contributed by atoms with van der Waals surface area (Å²) in [6.07, 6.45) is 1.77. The Bertz CT molecular complexity index is 380. The smallest absolute Gasteiger partial charge is 0.359 e. The van der Waals surface area contributed by atoms with E-state index in [4.69, 9.17) is 4.74 Å². The Morgan fingerprint density at radius 3 is 2.94 bits per heavy atom. The van der Waals surface area contributed by atoms with Crippen molar-refractivity contribution in [3.63, 3.8) is 0 Å². The summed E-state index contributed by atoms with van der Waals surface area (Å²) in [5.74, 6) is 0.543. The summed E-state index contributed by atoms with van der Waals surface area (Å²) in [5.41, 5.74) is -0.0759. The molecule has 0 saturated heterocycles. The molecule has 0 spiro atoms. The number of esters is 1. The van der Waals surface area contributed by atoms with Crippen LogP contribution in [-0.2, 0) is 17.8 Å². The minimum Gasteiger partial charge on any atom is -0.455 e. The molecule has 1 N–H and O–H groups in total. The Labute approximate surface area is 94.8 Å². The molecular formula is C11H17N3O2. The Balaban J connectivity index is 2.15. The number of carbonyl (C=O) groups excluding carboxylic acids is 1. The first-order chi connectivity index (χ1) is 7.46. The maximum atomic E-state index is 11.8. The summed E-state index contributed by atoms with van der Waals surface area (Å²) in [4.78, 5) is 16.0. The maximum Gasteiger partial charge on any atom is 0.359 e. The van der Waals surface area contributed by atoms with Crippen LogP contribution < -0.4 is 5.32 Å². The van der Waals surface area contributed by atoms with Crippen LogP contribution in [0.25, 0.3) is 0 Å². The highest BCUT2D eigenvalue weighted by Gasteiger charge is 2.22. The molecule has 5 nitrogen and oxygen atoms in total. The van der Waals surface area contributed by atoms with Crippen molar-refractivity contribution in [1.82, 2.24) is 14.9 Å². The number of aromatic nitrogens is 2. The Morgan fingerprint density at radius 1 is 1.56 bits per heavy atom. The minimum absolute atomic E-state index is 0.352. The van der Waals surface area contributed by atoms with Gasteiger partial charge in [-0.3, -0.25) is 0 Å². The SMILES string of the molecule is CC(C)(C)OC(=O)c1cn2c(n1)CNCC2. The first-order valence-electron chi connectivity index (χ1n) is 5.46. The summed E-state index contributed by atoms with van der Waals surface area (Å²) in [5, 5.41) is 3.21. The number of rotatable bonds is 1. The molecule has 16 heavy (non-hydrogen) atoms. The number of imidazole rings is 1. The van der Waals surface area contributed by atoms with Gasteiger partial charge in [-0.1, -0.05) is 0 Å². The number of carbonyl (C=O) groups is 1. The molecule has 0 radical (unpaired) electrons. The van der Waals surface area contributed by atoms with Gasteiger partial charge in [0.25, 0.3) is 0 Å². The van der Waals surface area contributed by atoms with E-state index in [0.717, 1.165) is 18.9 Å². The van der Waals surface area contributed by atoms with Crippen LogP contribution in [0.2, 0.25) is 0 Å². The highest BCUT2D eigenvalue weighted by molar-refractivity contribution is 5.87. The molecule has 1 aliphatic rings. The van der Waals surface area contributed by atoms with Crippen LogP contribution in [0.4, 0.5) is 0 Å². The largest absolute Gasteiger partial charge is 0.455 e. The predicted octanol–water partition coefficient (Wildman–Crippen LogP) is 0.942.